The van der Waals surface area contributed by atoms with E-state index < -0.39 is 5.97 Å². The molecule has 1 aliphatic rings. The molecule has 0 spiro atoms. The molecule has 1 N–H and O–H groups in total. The van der Waals surface area contributed by atoms with Crippen molar-refractivity contribution in [2.24, 2.45) is 0 Å². The van der Waals surface area contributed by atoms with Gasteiger partial charge in [-0.05, 0) is 54.3 Å². The van der Waals surface area contributed by atoms with E-state index in [-0.39, 0.29) is 11.5 Å². The average Bonchev–Trinajstić information content (AvgIpc) is 3.08. The van der Waals surface area contributed by atoms with E-state index in [1.807, 2.05) is 24.3 Å². The van der Waals surface area contributed by atoms with Gasteiger partial charge in [0.15, 0.2) is 0 Å². The number of nitrogens with zero attached hydrogens (tertiary/aromatic N) is 1. The quantitative estimate of drug-likeness (QED) is 0.882. The van der Waals surface area contributed by atoms with Crippen LogP contribution in [0.1, 0.15) is 33.6 Å². The highest BCUT2D eigenvalue weighted by atomic mass is 79.9. The van der Waals surface area contributed by atoms with Gasteiger partial charge in [-0.3, -0.25) is 4.79 Å². The van der Waals surface area contributed by atoms with Gasteiger partial charge in [0.25, 0.3) is 5.91 Å². The number of hydrogen-bond acceptors (Lipinski definition) is 2. The molecule has 1 aliphatic heterocycles. The zero-order chi connectivity index (χ0) is 16.4. The number of likely N-dealkylation sites (tertiary alicyclic amines) is 1. The molecule has 4 nitrogen and oxygen atoms in total. The second-order valence-corrected chi connectivity index (χ2v) is 6.53. The number of amides is 1. The Morgan fingerprint density at radius 1 is 0.913 bits per heavy atom. The van der Waals surface area contributed by atoms with Crippen molar-refractivity contribution in [2.45, 2.75) is 12.8 Å². The highest BCUT2D eigenvalue weighted by Gasteiger charge is 2.21. The summed E-state index contributed by atoms with van der Waals surface area (Å²) >= 11 is 3.38. The van der Waals surface area contributed by atoms with Crippen LogP contribution in [0.15, 0.2) is 46.9 Å². The molecule has 1 fully saturated rings. The minimum Gasteiger partial charge on any atom is -0.478 e. The Kier molecular flexibility index (Phi) is 4.48. The lowest BCUT2D eigenvalue weighted by molar-refractivity contribution is 0.0697. The van der Waals surface area contributed by atoms with Crippen LogP contribution >= 0.6 is 15.9 Å². The number of rotatable bonds is 3. The minimum atomic E-state index is -1.03. The molecule has 23 heavy (non-hydrogen) atoms. The van der Waals surface area contributed by atoms with Crippen molar-refractivity contribution in [3.8, 4) is 11.1 Å². The van der Waals surface area contributed by atoms with E-state index in [4.69, 9.17) is 0 Å². The summed E-state index contributed by atoms with van der Waals surface area (Å²) in [6.07, 6.45) is 2.01. The van der Waals surface area contributed by atoms with Gasteiger partial charge >= 0.3 is 5.97 Å². The fourth-order valence-electron chi connectivity index (χ4n) is 2.79. The maximum absolute atomic E-state index is 12.6. The van der Waals surface area contributed by atoms with Gasteiger partial charge in [-0.1, -0.05) is 28.1 Å². The number of aromatic carboxylic acids is 1. The Labute approximate surface area is 142 Å². The van der Waals surface area contributed by atoms with Crippen molar-refractivity contribution >= 4 is 27.8 Å². The van der Waals surface area contributed by atoms with Gasteiger partial charge in [0.05, 0.1) is 5.56 Å². The second kappa shape index (κ2) is 6.54. The van der Waals surface area contributed by atoms with Crippen molar-refractivity contribution in [1.29, 1.82) is 0 Å². The van der Waals surface area contributed by atoms with E-state index in [1.165, 1.54) is 6.07 Å². The lowest BCUT2D eigenvalue weighted by atomic mass is 9.99. The van der Waals surface area contributed by atoms with E-state index in [1.54, 1.807) is 17.0 Å². The van der Waals surface area contributed by atoms with E-state index in [9.17, 15) is 14.7 Å². The summed E-state index contributed by atoms with van der Waals surface area (Å²) in [4.78, 5) is 25.8. The number of carboxylic acids is 1. The molecule has 0 saturated carbocycles. The smallest absolute Gasteiger partial charge is 0.335 e. The second-order valence-electron chi connectivity index (χ2n) is 5.61. The van der Waals surface area contributed by atoms with Crippen LogP contribution in [0.4, 0.5) is 0 Å². The number of halogens is 1. The minimum absolute atomic E-state index is 0.0936. The van der Waals surface area contributed by atoms with Gasteiger partial charge < -0.3 is 10.0 Å². The monoisotopic (exact) mass is 373 g/mol. The first-order chi connectivity index (χ1) is 11.0. The zero-order valence-electron chi connectivity index (χ0n) is 12.5. The Bertz CT molecular complexity index is 749. The van der Waals surface area contributed by atoms with Gasteiger partial charge in [-0.15, -0.1) is 0 Å². The summed E-state index contributed by atoms with van der Waals surface area (Å²) in [6.45, 7) is 1.48. The van der Waals surface area contributed by atoms with Crippen molar-refractivity contribution in [1.82, 2.24) is 4.90 Å². The molecule has 118 valence electrons. The molecule has 0 unspecified atom stereocenters. The summed E-state index contributed by atoms with van der Waals surface area (Å²) in [5.74, 6) is -1.12. The van der Waals surface area contributed by atoms with Crippen LogP contribution in [0.5, 0.6) is 0 Å². The molecule has 0 aromatic heterocycles. The molecule has 0 atom stereocenters. The first-order valence-electron chi connectivity index (χ1n) is 7.48. The molecular weight excluding hydrogens is 358 g/mol. The van der Waals surface area contributed by atoms with Gasteiger partial charge in [-0.2, -0.15) is 0 Å². The van der Waals surface area contributed by atoms with Crippen LogP contribution < -0.4 is 0 Å². The maximum Gasteiger partial charge on any atom is 0.335 e. The molecule has 0 radical (unpaired) electrons. The number of carbonyl (C=O) groups excluding carboxylic acids is 1. The molecule has 0 bridgehead atoms. The molecule has 1 saturated heterocycles. The number of benzene rings is 2. The third-order valence-corrected chi connectivity index (χ3v) is 4.53. The maximum atomic E-state index is 12.6. The van der Waals surface area contributed by atoms with Crippen LogP contribution in [0.25, 0.3) is 11.1 Å². The molecule has 3 rings (SSSR count). The van der Waals surface area contributed by atoms with Crippen molar-refractivity contribution in [3.05, 3.63) is 58.1 Å². The molecular formula is C18H16BrNO3. The Morgan fingerprint density at radius 3 is 2.13 bits per heavy atom. The first kappa shape index (κ1) is 15.7. The van der Waals surface area contributed by atoms with Gasteiger partial charge in [-0.25, -0.2) is 4.79 Å². The average molecular weight is 374 g/mol. The number of hydrogen-bond donors (Lipinski definition) is 1. The third-order valence-electron chi connectivity index (χ3n) is 4.00. The first-order valence-corrected chi connectivity index (χ1v) is 8.27. The van der Waals surface area contributed by atoms with Crippen LogP contribution in [-0.2, 0) is 0 Å². The molecule has 1 heterocycles. The number of carbonyl (C=O) groups is 2. The molecule has 2 aromatic carbocycles. The largest absolute Gasteiger partial charge is 0.478 e. The van der Waals surface area contributed by atoms with Crippen LogP contribution in [0.2, 0.25) is 0 Å². The van der Waals surface area contributed by atoms with Gasteiger partial charge in [0, 0.05) is 23.1 Å². The van der Waals surface area contributed by atoms with E-state index in [0.717, 1.165) is 41.5 Å². The van der Waals surface area contributed by atoms with E-state index in [2.05, 4.69) is 15.9 Å². The molecule has 0 aliphatic carbocycles. The SMILES string of the molecule is O=C(O)c1cc(C(=O)N2CCCC2)cc(-c2ccc(Br)cc2)c1. The topological polar surface area (TPSA) is 57.6 Å². The van der Waals surface area contributed by atoms with Crippen LogP contribution in [-0.4, -0.2) is 35.0 Å². The van der Waals surface area contributed by atoms with Gasteiger partial charge in [0.1, 0.15) is 0 Å². The summed E-state index contributed by atoms with van der Waals surface area (Å²) < 4.78 is 0.948. The summed E-state index contributed by atoms with van der Waals surface area (Å²) in [6, 6.07) is 12.4. The predicted molar refractivity (Wildman–Crippen MR) is 91.7 cm³/mol. The summed E-state index contributed by atoms with van der Waals surface area (Å²) in [7, 11) is 0. The normalized spacial score (nSPS) is 14.0. The third kappa shape index (κ3) is 3.45. The van der Waals surface area contributed by atoms with Crippen molar-refractivity contribution < 1.29 is 14.7 Å². The predicted octanol–water partition coefficient (Wildman–Crippen LogP) is 4.05. The standard InChI is InChI=1S/C18H16BrNO3/c19-16-5-3-12(4-6-16)13-9-14(11-15(10-13)18(22)23)17(21)20-7-1-2-8-20/h3-6,9-11H,1-2,7-8H2,(H,22,23). The van der Waals surface area contributed by atoms with Crippen molar-refractivity contribution in [2.75, 3.05) is 13.1 Å². The summed E-state index contributed by atoms with van der Waals surface area (Å²) in [5, 5.41) is 9.34. The van der Waals surface area contributed by atoms with Crippen molar-refractivity contribution in [3.63, 3.8) is 0 Å². The lowest BCUT2D eigenvalue weighted by Crippen LogP contribution is -2.27. The highest BCUT2D eigenvalue weighted by molar-refractivity contribution is 9.10. The van der Waals surface area contributed by atoms with Crippen LogP contribution in [0, 0.1) is 0 Å². The Balaban J connectivity index is 2.04. The summed E-state index contributed by atoms with van der Waals surface area (Å²) in [5.41, 5.74) is 2.18. The van der Waals surface area contributed by atoms with Gasteiger partial charge in [0.2, 0.25) is 0 Å². The van der Waals surface area contributed by atoms with Crippen LogP contribution in [0.3, 0.4) is 0 Å². The van der Waals surface area contributed by atoms with E-state index in [0.29, 0.717) is 5.56 Å². The Hall–Kier alpha value is -2.14. The number of carboxylic acid groups (broad SMARTS) is 1. The molecule has 2 aromatic rings. The fraction of sp³-hybridized carbons (Fsp3) is 0.222. The molecule has 1 amide bonds. The Morgan fingerprint density at radius 2 is 1.52 bits per heavy atom. The lowest BCUT2D eigenvalue weighted by Gasteiger charge is -2.16. The van der Waals surface area contributed by atoms with E-state index >= 15 is 0 Å². The fourth-order valence-corrected chi connectivity index (χ4v) is 3.05. The zero-order valence-corrected chi connectivity index (χ0v) is 14.0. The molecule has 5 heteroatoms. The highest BCUT2D eigenvalue weighted by Crippen LogP contribution is 2.25.